The van der Waals surface area contributed by atoms with Crippen LogP contribution in [0.2, 0.25) is 0 Å². The summed E-state index contributed by atoms with van der Waals surface area (Å²) in [5, 5.41) is 9.63. The summed E-state index contributed by atoms with van der Waals surface area (Å²) >= 11 is 0. The summed E-state index contributed by atoms with van der Waals surface area (Å²) in [6.45, 7) is 5.39. The van der Waals surface area contributed by atoms with Crippen molar-refractivity contribution in [1.82, 2.24) is 0 Å². The zero-order valence-corrected chi connectivity index (χ0v) is 14.3. The van der Waals surface area contributed by atoms with Gasteiger partial charge in [-0.15, -0.1) is 0 Å². The quantitative estimate of drug-likeness (QED) is 0.349. The number of ether oxygens (including phenoxy) is 1. The standard InChI is InChI=1S/C20H26O3/c1-4-5-6-10-14-18(15-11-16-20(2,3)22)23-19(21)17-12-8-7-9-13-17/h7-9,12-13,15,22H,4-6,10,14H2,1-3H3/b18-15-. The van der Waals surface area contributed by atoms with Crippen molar-refractivity contribution in [3.63, 3.8) is 0 Å². The number of aliphatic hydroxyl groups is 1. The van der Waals surface area contributed by atoms with E-state index in [1.807, 2.05) is 6.07 Å². The Morgan fingerprint density at radius 1 is 1.22 bits per heavy atom. The highest BCUT2D eigenvalue weighted by atomic mass is 16.5. The molecule has 0 atom stereocenters. The lowest BCUT2D eigenvalue weighted by molar-refractivity contribution is 0.0613. The minimum Gasteiger partial charge on any atom is -0.427 e. The highest BCUT2D eigenvalue weighted by molar-refractivity contribution is 5.90. The Balaban J connectivity index is 2.75. The summed E-state index contributed by atoms with van der Waals surface area (Å²) in [5.74, 6) is 5.66. The van der Waals surface area contributed by atoms with Gasteiger partial charge in [0.25, 0.3) is 0 Å². The number of benzene rings is 1. The average Bonchev–Trinajstić information content (AvgIpc) is 2.51. The molecule has 1 rings (SSSR count). The molecule has 3 nitrogen and oxygen atoms in total. The third kappa shape index (κ3) is 8.85. The van der Waals surface area contributed by atoms with Gasteiger partial charge in [0, 0.05) is 12.5 Å². The van der Waals surface area contributed by atoms with Gasteiger partial charge < -0.3 is 9.84 Å². The van der Waals surface area contributed by atoms with Crippen LogP contribution in [0.3, 0.4) is 0 Å². The van der Waals surface area contributed by atoms with Crippen LogP contribution in [0.25, 0.3) is 0 Å². The fourth-order valence-corrected chi connectivity index (χ4v) is 1.92. The Bertz CT molecular complexity index is 568. The third-order valence-corrected chi connectivity index (χ3v) is 3.12. The first-order chi connectivity index (χ1) is 10.9. The second-order valence-electron chi connectivity index (χ2n) is 6.01. The maximum Gasteiger partial charge on any atom is 0.343 e. The maximum atomic E-state index is 12.1. The normalized spacial score (nSPS) is 11.6. The van der Waals surface area contributed by atoms with E-state index in [1.165, 1.54) is 0 Å². The predicted molar refractivity (Wildman–Crippen MR) is 92.8 cm³/mol. The molecule has 0 amide bonds. The minimum atomic E-state index is -1.06. The number of hydrogen-bond donors (Lipinski definition) is 1. The first-order valence-corrected chi connectivity index (χ1v) is 8.13. The molecular weight excluding hydrogens is 288 g/mol. The van der Waals surface area contributed by atoms with Crippen LogP contribution in [0.1, 0.15) is 63.2 Å². The molecule has 0 spiro atoms. The monoisotopic (exact) mass is 314 g/mol. The van der Waals surface area contributed by atoms with E-state index < -0.39 is 5.60 Å². The van der Waals surface area contributed by atoms with Crippen LogP contribution in [0.15, 0.2) is 42.2 Å². The Kier molecular flexibility index (Phi) is 8.15. The van der Waals surface area contributed by atoms with Crippen molar-refractivity contribution in [3.8, 4) is 11.8 Å². The number of hydrogen-bond acceptors (Lipinski definition) is 3. The van der Waals surface area contributed by atoms with E-state index >= 15 is 0 Å². The van der Waals surface area contributed by atoms with Crippen LogP contribution in [0.5, 0.6) is 0 Å². The number of carbonyl (C=O) groups is 1. The van der Waals surface area contributed by atoms with Crippen LogP contribution in [0.4, 0.5) is 0 Å². The van der Waals surface area contributed by atoms with Crippen LogP contribution in [-0.4, -0.2) is 16.7 Å². The molecule has 1 aromatic rings. The maximum absolute atomic E-state index is 12.1. The van der Waals surface area contributed by atoms with Crippen LogP contribution in [-0.2, 0) is 4.74 Å². The lowest BCUT2D eigenvalue weighted by Gasteiger charge is -2.08. The average molecular weight is 314 g/mol. The van der Waals surface area contributed by atoms with E-state index in [4.69, 9.17) is 4.74 Å². The molecule has 0 aromatic heterocycles. The number of unbranched alkanes of at least 4 members (excludes halogenated alkanes) is 3. The largest absolute Gasteiger partial charge is 0.427 e. The molecule has 0 radical (unpaired) electrons. The van der Waals surface area contributed by atoms with Crippen molar-refractivity contribution in [2.24, 2.45) is 0 Å². The summed E-state index contributed by atoms with van der Waals surface area (Å²) in [7, 11) is 0. The summed E-state index contributed by atoms with van der Waals surface area (Å²) < 4.78 is 5.47. The Hall–Kier alpha value is -2.05. The zero-order valence-electron chi connectivity index (χ0n) is 14.3. The molecule has 23 heavy (non-hydrogen) atoms. The molecule has 0 heterocycles. The second kappa shape index (κ2) is 9.86. The summed E-state index contributed by atoms with van der Waals surface area (Å²) in [4.78, 5) is 12.1. The van der Waals surface area contributed by atoms with Crippen molar-refractivity contribution in [3.05, 3.63) is 47.7 Å². The van der Waals surface area contributed by atoms with Gasteiger partial charge in [-0.05, 0) is 32.4 Å². The molecule has 0 saturated carbocycles. The van der Waals surface area contributed by atoms with E-state index in [-0.39, 0.29) is 5.97 Å². The van der Waals surface area contributed by atoms with E-state index in [9.17, 15) is 9.90 Å². The van der Waals surface area contributed by atoms with Gasteiger partial charge in [0.05, 0.1) is 5.56 Å². The van der Waals surface area contributed by atoms with Gasteiger partial charge in [-0.1, -0.05) is 56.2 Å². The molecule has 0 bridgehead atoms. The Morgan fingerprint density at radius 2 is 1.91 bits per heavy atom. The van der Waals surface area contributed by atoms with Gasteiger partial charge in [-0.3, -0.25) is 0 Å². The fraction of sp³-hybridized carbons (Fsp3) is 0.450. The molecule has 0 unspecified atom stereocenters. The molecule has 1 N–H and O–H groups in total. The van der Waals surface area contributed by atoms with Gasteiger partial charge in [0.15, 0.2) is 0 Å². The molecule has 0 fully saturated rings. The predicted octanol–water partition coefficient (Wildman–Crippen LogP) is 4.47. The Labute approximate surface area is 139 Å². The van der Waals surface area contributed by atoms with E-state index in [0.717, 1.165) is 25.7 Å². The molecule has 124 valence electrons. The van der Waals surface area contributed by atoms with E-state index in [2.05, 4.69) is 18.8 Å². The fourth-order valence-electron chi connectivity index (χ4n) is 1.92. The van der Waals surface area contributed by atoms with Crippen molar-refractivity contribution in [2.45, 2.75) is 58.5 Å². The molecule has 1 aromatic carbocycles. The van der Waals surface area contributed by atoms with Crippen LogP contribution < -0.4 is 0 Å². The Morgan fingerprint density at radius 3 is 2.52 bits per heavy atom. The first-order valence-electron chi connectivity index (χ1n) is 8.13. The van der Waals surface area contributed by atoms with Crippen molar-refractivity contribution in [2.75, 3.05) is 0 Å². The van der Waals surface area contributed by atoms with Crippen molar-refractivity contribution >= 4 is 5.97 Å². The van der Waals surface area contributed by atoms with Gasteiger partial charge in [0.1, 0.15) is 11.4 Å². The highest BCUT2D eigenvalue weighted by Gasteiger charge is 2.10. The lowest BCUT2D eigenvalue weighted by atomic mass is 10.1. The number of allylic oxidation sites excluding steroid dienone is 2. The lowest BCUT2D eigenvalue weighted by Crippen LogP contribution is -2.14. The third-order valence-electron chi connectivity index (χ3n) is 3.12. The number of esters is 1. The van der Waals surface area contributed by atoms with Crippen LogP contribution in [0, 0.1) is 11.8 Å². The number of rotatable bonds is 7. The van der Waals surface area contributed by atoms with Crippen LogP contribution >= 0.6 is 0 Å². The van der Waals surface area contributed by atoms with Gasteiger partial charge >= 0.3 is 5.97 Å². The van der Waals surface area contributed by atoms with Gasteiger partial charge in [-0.2, -0.15) is 0 Å². The molecule has 3 heteroatoms. The van der Waals surface area contributed by atoms with Crippen molar-refractivity contribution in [1.29, 1.82) is 0 Å². The summed E-state index contributed by atoms with van der Waals surface area (Å²) in [6.07, 6.45) is 6.61. The molecule has 0 saturated heterocycles. The molecule has 0 aliphatic heterocycles. The second-order valence-corrected chi connectivity index (χ2v) is 6.01. The van der Waals surface area contributed by atoms with Gasteiger partial charge in [-0.25, -0.2) is 4.79 Å². The molecule has 0 aliphatic rings. The smallest absolute Gasteiger partial charge is 0.343 e. The molecular formula is C20H26O3. The summed E-state index contributed by atoms with van der Waals surface area (Å²) in [6, 6.07) is 8.90. The highest BCUT2D eigenvalue weighted by Crippen LogP contribution is 2.14. The summed E-state index contributed by atoms with van der Waals surface area (Å²) in [5.41, 5.74) is -0.546. The minimum absolute atomic E-state index is 0.377. The molecule has 0 aliphatic carbocycles. The topological polar surface area (TPSA) is 46.5 Å². The number of carbonyl (C=O) groups excluding carboxylic acids is 1. The SMILES string of the molecule is CCCCCC/C(=C/C#CC(C)(C)O)OC(=O)c1ccccc1. The zero-order chi connectivity index (χ0) is 17.1. The van der Waals surface area contributed by atoms with Gasteiger partial charge in [0.2, 0.25) is 0 Å². The van der Waals surface area contributed by atoms with E-state index in [0.29, 0.717) is 17.7 Å². The first kappa shape index (κ1) is 19.0. The van der Waals surface area contributed by atoms with E-state index in [1.54, 1.807) is 44.2 Å². The van der Waals surface area contributed by atoms with Crippen molar-refractivity contribution < 1.29 is 14.6 Å².